The van der Waals surface area contributed by atoms with E-state index in [0.717, 1.165) is 25.9 Å². The predicted molar refractivity (Wildman–Crippen MR) is 82.6 cm³/mol. The van der Waals surface area contributed by atoms with Crippen molar-refractivity contribution in [2.24, 2.45) is 0 Å². The molecule has 0 aromatic carbocycles. The molecule has 6 nitrogen and oxygen atoms in total. The molecule has 1 aromatic heterocycles. The minimum absolute atomic E-state index is 0.0333. The van der Waals surface area contributed by atoms with Crippen LogP contribution in [0.25, 0.3) is 0 Å². The molecule has 0 spiro atoms. The number of likely N-dealkylation sites (tertiary alicyclic amines) is 1. The van der Waals surface area contributed by atoms with E-state index in [1.165, 1.54) is 0 Å². The highest BCUT2D eigenvalue weighted by molar-refractivity contribution is 7.91. The van der Waals surface area contributed by atoms with Gasteiger partial charge in [0.2, 0.25) is 0 Å². The first-order valence-electron chi connectivity index (χ1n) is 7.74. The monoisotopic (exact) mass is 326 g/mol. The topological polar surface area (TPSA) is 70.8 Å². The van der Waals surface area contributed by atoms with Crippen molar-refractivity contribution >= 4 is 15.7 Å². The number of carbonyl (C=O) groups is 1. The van der Waals surface area contributed by atoms with Gasteiger partial charge in [0.05, 0.1) is 23.3 Å². The molecular formula is C15H22N2O4S. The number of amides is 1. The van der Waals surface area contributed by atoms with Crippen LogP contribution in [0.1, 0.15) is 29.0 Å². The Morgan fingerprint density at radius 3 is 2.36 bits per heavy atom. The summed E-state index contributed by atoms with van der Waals surface area (Å²) in [4.78, 5) is 16.6. The minimum atomic E-state index is -2.83. The second-order valence-corrected chi connectivity index (χ2v) is 8.41. The summed E-state index contributed by atoms with van der Waals surface area (Å²) in [5, 5.41) is 0. The van der Waals surface area contributed by atoms with Crippen LogP contribution in [0, 0.1) is 6.92 Å². The van der Waals surface area contributed by atoms with Crippen LogP contribution in [0.3, 0.4) is 0 Å². The summed E-state index contributed by atoms with van der Waals surface area (Å²) in [6, 6.07) is 2.11. The Morgan fingerprint density at radius 1 is 1.18 bits per heavy atom. The van der Waals surface area contributed by atoms with Crippen molar-refractivity contribution in [3.05, 3.63) is 23.7 Å². The van der Waals surface area contributed by atoms with Gasteiger partial charge in [-0.2, -0.15) is 0 Å². The minimum Gasteiger partial charge on any atom is -0.469 e. The zero-order valence-corrected chi connectivity index (χ0v) is 13.6. The molecule has 2 saturated heterocycles. The molecule has 3 rings (SSSR count). The lowest BCUT2D eigenvalue weighted by molar-refractivity contribution is 0.0628. The molecule has 0 radical (unpaired) electrons. The van der Waals surface area contributed by atoms with Crippen molar-refractivity contribution in [3.8, 4) is 0 Å². The van der Waals surface area contributed by atoms with E-state index >= 15 is 0 Å². The molecule has 22 heavy (non-hydrogen) atoms. The molecule has 2 fully saturated rings. The average molecular weight is 326 g/mol. The maximum absolute atomic E-state index is 12.4. The molecule has 0 aliphatic carbocycles. The zero-order chi connectivity index (χ0) is 15.7. The lowest BCUT2D eigenvalue weighted by Gasteiger charge is -2.40. The summed E-state index contributed by atoms with van der Waals surface area (Å²) in [5.74, 6) is 1.22. The van der Waals surface area contributed by atoms with Crippen LogP contribution < -0.4 is 0 Å². The summed E-state index contributed by atoms with van der Waals surface area (Å²) in [6.07, 6.45) is 3.36. The Balaban J connectivity index is 1.55. The maximum Gasteiger partial charge on any atom is 0.257 e. The third-order valence-corrected chi connectivity index (χ3v) is 6.35. The second-order valence-electron chi connectivity index (χ2n) is 6.10. The molecule has 0 atom stereocenters. The van der Waals surface area contributed by atoms with Crippen LogP contribution in [0.2, 0.25) is 0 Å². The molecule has 0 bridgehead atoms. The number of hydrogen-bond donors (Lipinski definition) is 0. The number of piperidine rings is 1. The number of nitrogens with zero attached hydrogens (tertiary/aromatic N) is 2. The Kier molecular flexibility index (Phi) is 4.27. The molecule has 2 aliphatic heterocycles. The molecule has 0 saturated carbocycles. The number of furan rings is 1. The number of rotatable bonds is 2. The standard InChI is InChI=1S/C15H22N2O4S/c1-12-14(4-9-21-12)15(18)17-5-2-13(3-6-17)16-7-10-22(19,20)11-8-16/h4,9,13H,2-3,5-8,10-11H2,1H3. The lowest BCUT2D eigenvalue weighted by Crippen LogP contribution is -2.51. The predicted octanol–water partition coefficient (Wildman–Crippen LogP) is 0.923. The van der Waals surface area contributed by atoms with Gasteiger partial charge in [0, 0.05) is 32.2 Å². The van der Waals surface area contributed by atoms with Crippen LogP contribution in [-0.2, 0) is 9.84 Å². The highest BCUT2D eigenvalue weighted by atomic mass is 32.2. The van der Waals surface area contributed by atoms with E-state index in [0.29, 0.717) is 30.5 Å². The first-order valence-corrected chi connectivity index (χ1v) is 9.56. The van der Waals surface area contributed by atoms with Crippen molar-refractivity contribution in [2.45, 2.75) is 25.8 Å². The van der Waals surface area contributed by atoms with Gasteiger partial charge in [-0.25, -0.2) is 8.42 Å². The molecule has 3 heterocycles. The van der Waals surface area contributed by atoms with Crippen LogP contribution >= 0.6 is 0 Å². The largest absolute Gasteiger partial charge is 0.469 e. The number of hydrogen-bond acceptors (Lipinski definition) is 5. The number of sulfone groups is 1. The normalized spacial score (nSPS) is 23.6. The van der Waals surface area contributed by atoms with Crippen molar-refractivity contribution in [3.63, 3.8) is 0 Å². The van der Waals surface area contributed by atoms with Gasteiger partial charge in [-0.3, -0.25) is 9.69 Å². The SMILES string of the molecule is Cc1occc1C(=O)N1CCC(N2CCS(=O)(=O)CC2)CC1. The van der Waals surface area contributed by atoms with E-state index in [4.69, 9.17) is 4.42 Å². The zero-order valence-electron chi connectivity index (χ0n) is 12.8. The van der Waals surface area contributed by atoms with E-state index in [2.05, 4.69) is 4.90 Å². The number of carbonyl (C=O) groups excluding carboxylic acids is 1. The summed E-state index contributed by atoms with van der Waals surface area (Å²) in [7, 11) is -2.83. The van der Waals surface area contributed by atoms with Crippen molar-refractivity contribution in [1.82, 2.24) is 9.80 Å². The van der Waals surface area contributed by atoms with Crippen LogP contribution in [0.15, 0.2) is 16.7 Å². The fourth-order valence-electron chi connectivity index (χ4n) is 3.30. The summed E-state index contributed by atoms with van der Waals surface area (Å²) in [5.41, 5.74) is 0.641. The molecule has 1 aromatic rings. The molecule has 7 heteroatoms. The van der Waals surface area contributed by atoms with Crippen LogP contribution in [0.5, 0.6) is 0 Å². The lowest BCUT2D eigenvalue weighted by atomic mass is 10.0. The maximum atomic E-state index is 12.4. The van der Waals surface area contributed by atoms with Gasteiger partial charge in [0.15, 0.2) is 9.84 Å². The quantitative estimate of drug-likeness (QED) is 0.808. The van der Waals surface area contributed by atoms with Gasteiger partial charge in [0.1, 0.15) is 5.76 Å². The molecule has 2 aliphatic rings. The summed E-state index contributed by atoms with van der Waals surface area (Å²) in [6.45, 7) is 4.49. The van der Waals surface area contributed by atoms with Crippen molar-refractivity contribution in [1.29, 1.82) is 0 Å². The van der Waals surface area contributed by atoms with Gasteiger partial charge in [-0.05, 0) is 25.8 Å². The van der Waals surface area contributed by atoms with Gasteiger partial charge in [-0.15, -0.1) is 0 Å². The number of aryl methyl sites for hydroxylation is 1. The first kappa shape index (κ1) is 15.6. The highest BCUT2D eigenvalue weighted by Crippen LogP contribution is 2.21. The van der Waals surface area contributed by atoms with Gasteiger partial charge < -0.3 is 9.32 Å². The third-order valence-electron chi connectivity index (χ3n) is 4.74. The van der Waals surface area contributed by atoms with Crippen molar-refractivity contribution < 1.29 is 17.6 Å². The fourth-order valence-corrected chi connectivity index (χ4v) is 4.53. The molecular weight excluding hydrogens is 304 g/mol. The van der Waals surface area contributed by atoms with E-state index in [9.17, 15) is 13.2 Å². The van der Waals surface area contributed by atoms with E-state index in [1.807, 2.05) is 4.90 Å². The van der Waals surface area contributed by atoms with Crippen molar-refractivity contribution in [2.75, 3.05) is 37.7 Å². The van der Waals surface area contributed by atoms with Crippen LogP contribution in [0.4, 0.5) is 0 Å². The highest BCUT2D eigenvalue weighted by Gasteiger charge is 2.31. The Morgan fingerprint density at radius 2 is 1.82 bits per heavy atom. The van der Waals surface area contributed by atoms with Gasteiger partial charge >= 0.3 is 0 Å². The third kappa shape index (κ3) is 3.20. The van der Waals surface area contributed by atoms with Gasteiger partial charge in [0.25, 0.3) is 5.91 Å². The second kappa shape index (κ2) is 6.04. The van der Waals surface area contributed by atoms with E-state index in [1.54, 1.807) is 19.3 Å². The first-order chi connectivity index (χ1) is 10.5. The molecule has 0 unspecified atom stereocenters. The fraction of sp³-hybridized carbons (Fsp3) is 0.667. The Bertz CT molecular complexity index is 630. The molecule has 0 N–H and O–H groups in total. The Hall–Kier alpha value is -1.34. The molecule has 1 amide bonds. The summed E-state index contributed by atoms with van der Waals surface area (Å²) >= 11 is 0. The van der Waals surface area contributed by atoms with Gasteiger partial charge in [-0.1, -0.05) is 0 Å². The van der Waals surface area contributed by atoms with E-state index in [-0.39, 0.29) is 17.4 Å². The molecule has 122 valence electrons. The summed E-state index contributed by atoms with van der Waals surface area (Å²) < 4.78 is 28.2. The Labute approximate surface area is 131 Å². The van der Waals surface area contributed by atoms with E-state index < -0.39 is 9.84 Å². The van der Waals surface area contributed by atoms with Crippen LogP contribution in [-0.4, -0.2) is 67.9 Å². The average Bonchev–Trinajstić information content (AvgIpc) is 2.93. The smallest absolute Gasteiger partial charge is 0.257 e.